The maximum absolute atomic E-state index is 9.27. The molecule has 0 saturated carbocycles. The molecule has 0 saturated heterocycles. The van der Waals surface area contributed by atoms with E-state index in [9.17, 15) is 4.55 Å². The van der Waals surface area contributed by atoms with Gasteiger partial charge in [0.2, 0.25) is 0 Å². The number of nitrogens with zero attached hydrogens (tertiary/aromatic N) is 2. The lowest BCUT2D eigenvalue weighted by molar-refractivity contribution is 0.663. The summed E-state index contributed by atoms with van der Waals surface area (Å²) in [6.45, 7) is 2.13. The summed E-state index contributed by atoms with van der Waals surface area (Å²) in [7, 11) is 0. The van der Waals surface area contributed by atoms with Gasteiger partial charge in [-0.1, -0.05) is 17.7 Å². The summed E-state index contributed by atoms with van der Waals surface area (Å²) in [5.41, 5.74) is 5.53. The molecule has 0 fully saturated rings. The lowest BCUT2D eigenvalue weighted by Gasteiger charge is -2.30. The minimum atomic E-state index is 0.177. The Balaban J connectivity index is 1.55. The first-order chi connectivity index (χ1) is 12.2. The van der Waals surface area contributed by atoms with E-state index >= 15 is 0 Å². The van der Waals surface area contributed by atoms with E-state index in [1.165, 1.54) is 10.5 Å². The van der Waals surface area contributed by atoms with Crippen LogP contribution in [0.5, 0.6) is 0 Å². The number of fused-ring (bicyclic) bond motifs is 4. The summed E-state index contributed by atoms with van der Waals surface area (Å²) in [6.07, 6.45) is 10.9. The van der Waals surface area contributed by atoms with Crippen molar-refractivity contribution in [3.05, 3.63) is 64.8 Å². The molecular formula is C19H14N2OS3. The molecule has 0 aromatic heterocycles. The Bertz CT molecular complexity index is 969. The van der Waals surface area contributed by atoms with Crippen LogP contribution in [0.25, 0.3) is 0 Å². The van der Waals surface area contributed by atoms with Crippen LogP contribution in [-0.4, -0.2) is 26.5 Å². The highest BCUT2D eigenvalue weighted by atomic mass is 32.2. The Morgan fingerprint density at radius 3 is 2.80 bits per heavy atom. The van der Waals surface area contributed by atoms with Crippen molar-refractivity contribution in [2.75, 3.05) is 0 Å². The number of rotatable bonds is 1. The molecule has 0 bridgehead atoms. The standard InChI is InChI=1S/C19H14N2OS3/c1-10-2-4-12-16(6-10)23-18-8-15-19(9-14(18)20-12)24-17-7-11(25-22)3-5-13(17)21-15/h2-9,16,19,22H,1H3. The van der Waals surface area contributed by atoms with Gasteiger partial charge in [-0.15, -0.1) is 23.5 Å². The van der Waals surface area contributed by atoms with Gasteiger partial charge in [-0.25, -0.2) is 0 Å². The second-order valence-corrected chi connectivity index (χ2v) is 9.20. The molecule has 2 unspecified atom stereocenters. The number of hydrogen-bond acceptors (Lipinski definition) is 6. The van der Waals surface area contributed by atoms with Crippen molar-refractivity contribution in [1.82, 2.24) is 0 Å². The Hall–Kier alpha value is -1.47. The summed E-state index contributed by atoms with van der Waals surface area (Å²) in [5.74, 6) is 0. The Morgan fingerprint density at radius 1 is 1.04 bits per heavy atom. The van der Waals surface area contributed by atoms with Crippen LogP contribution in [0.1, 0.15) is 6.92 Å². The van der Waals surface area contributed by atoms with Crippen LogP contribution < -0.4 is 0 Å². The van der Waals surface area contributed by atoms with Gasteiger partial charge in [0.25, 0.3) is 0 Å². The predicted octanol–water partition coefficient (Wildman–Crippen LogP) is 5.65. The first kappa shape index (κ1) is 15.8. The summed E-state index contributed by atoms with van der Waals surface area (Å²) in [5, 5.41) is 0.481. The maximum atomic E-state index is 9.27. The molecule has 2 aliphatic heterocycles. The van der Waals surface area contributed by atoms with Crippen LogP contribution in [0.3, 0.4) is 0 Å². The average molecular weight is 383 g/mol. The van der Waals surface area contributed by atoms with E-state index in [2.05, 4.69) is 37.3 Å². The highest BCUT2D eigenvalue weighted by Gasteiger charge is 2.31. The van der Waals surface area contributed by atoms with Crippen LogP contribution in [0, 0.1) is 0 Å². The molecule has 2 atom stereocenters. The first-order valence-corrected chi connectivity index (χ1v) is 10.5. The molecule has 1 aromatic rings. The van der Waals surface area contributed by atoms with Crippen LogP contribution >= 0.6 is 35.6 Å². The Morgan fingerprint density at radius 2 is 1.92 bits per heavy atom. The maximum Gasteiger partial charge on any atom is 0.0770 e. The molecule has 1 N–H and O–H groups in total. The van der Waals surface area contributed by atoms with Gasteiger partial charge in [-0.05, 0) is 43.4 Å². The monoisotopic (exact) mass is 382 g/mol. The van der Waals surface area contributed by atoms with E-state index < -0.39 is 0 Å². The number of benzene rings is 1. The average Bonchev–Trinajstić information content (AvgIpc) is 2.62. The molecule has 25 heavy (non-hydrogen) atoms. The molecule has 1 aromatic carbocycles. The van der Waals surface area contributed by atoms with E-state index in [1.807, 2.05) is 30.0 Å². The molecule has 4 aliphatic rings. The van der Waals surface area contributed by atoms with Gasteiger partial charge < -0.3 is 4.55 Å². The van der Waals surface area contributed by atoms with Gasteiger partial charge in [0.05, 0.1) is 33.3 Å². The van der Waals surface area contributed by atoms with E-state index in [0.717, 1.165) is 44.6 Å². The van der Waals surface area contributed by atoms with Gasteiger partial charge in [0.15, 0.2) is 0 Å². The predicted molar refractivity (Wildman–Crippen MR) is 110 cm³/mol. The molecule has 0 amide bonds. The number of aliphatic imine (C=N–C) groups is 2. The van der Waals surface area contributed by atoms with Crippen LogP contribution in [0.15, 0.2) is 84.5 Å². The topological polar surface area (TPSA) is 45.0 Å². The molecule has 124 valence electrons. The third-order valence-corrected chi connectivity index (χ3v) is 7.29. The van der Waals surface area contributed by atoms with Crippen molar-refractivity contribution in [1.29, 1.82) is 0 Å². The van der Waals surface area contributed by atoms with E-state index in [4.69, 9.17) is 9.98 Å². The number of thioether (sulfide) groups is 2. The smallest absolute Gasteiger partial charge is 0.0770 e. The fourth-order valence-electron chi connectivity index (χ4n) is 3.15. The Labute approximate surface area is 159 Å². The van der Waals surface area contributed by atoms with Crippen molar-refractivity contribution in [3.63, 3.8) is 0 Å². The van der Waals surface area contributed by atoms with Crippen molar-refractivity contribution < 1.29 is 4.55 Å². The number of hydrogen-bond donors (Lipinski definition) is 1. The SMILES string of the molecule is CC1=CC2SC3=CC4=Nc5ccc(SO)cc5SC4C=C3N=C2C=C1. The molecule has 0 spiro atoms. The second kappa shape index (κ2) is 6.06. The summed E-state index contributed by atoms with van der Waals surface area (Å²) < 4.78 is 9.27. The highest BCUT2D eigenvalue weighted by Crippen LogP contribution is 2.46. The van der Waals surface area contributed by atoms with E-state index in [-0.39, 0.29) is 5.25 Å². The molecule has 3 nitrogen and oxygen atoms in total. The van der Waals surface area contributed by atoms with Crippen LogP contribution in [-0.2, 0) is 0 Å². The normalized spacial score (nSPS) is 26.1. The summed E-state index contributed by atoms with van der Waals surface area (Å²) >= 11 is 4.40. The third kappa shape index (κ3) is 2.77. The zero-order chi connectivity index (χ0) is 17.0. The lowest BCUT2D eigenvalue weighted by Crippen LogP contribution is -2.25. The summed E-state index contributed by atoms with van der Waals surface area (Å²) in [4.78, 5) is 12.9. The third-order valence-electron chi connectivity index (χ3n) is 4.40. The van der Waals surface area contributed by atoms with Crippen LogP contribution in [0.4, 0.5) is 5.69 Å². The molecule has 2 aliphatic carbocycles. The zero-order valence-corrected chi connectivity index (χ0v) is 15.8. The zero-order valence-electron chi connectivity index (χ0n) is 13.3. The fraction of sp³-hybridized carbons (Fsp3) is 0.158. The van der Waals surface area contributed by atoms with Crippen LogP contribution in [0.2, 0.25) is 0 Å². The van der Waals surface area contributed by atoms with Crippen molar-refractivity contribution in [2.45, 2.75) is 27.2 Å². The molecule has 6 heteroatoms. The van der Waals surface area contributed by atoms with Gasteiger partial charge >= 0.3 is 0 Å². The highest BCUT2D eigenvalue weighted by molar-refractivity contribution is 8.05. The van der Waals surface area contributed by atoms with Crippen molar-refractivity contribution in [2.24, 2.45) is 9.98 Å². The lowest BCUT2D eigenvalue weighted by atomic mass is 10.0. The Kier molecular flexibility index (Phi) is 3.82. The van der Waals surface area contributed by atoms with Gasteiger partial charge in [-0.2, -0.15) is 0 Å². The molecule has 5 rings (SSSR count). The molecular weight excluding hydrogens is 368 g/mol. The molecule has 0 radical (unpaired) electrons. The second-order valence-electron chi connectivity index (χ2n) is 6.18. The largest absolute Gasteiger partial charge is 0.325 e. The van der Waals surface area contributed by atoms with Crippen molar-refractivity contribution in [3.8, 4) is 0 Å². The van der Waals surface area contributed by atoms with E-state index in [0.29, 0.717) is 5.25 Å². The van der Waals surface area contributed by atoms with Gasteiger partial charge in [0.1, 0.15) is 0 Å². The van der Waals surface area contributed by atoms with Gasteiger partial charge in [-0.3, -0.25) is 9.98 Å². The fourth-order valence-corrected chi connectivity index (χ4v) is 5.90. The number of allylic oxidation sites excluding steroid dienone is 4. The quantitative estimate of drug-likeness (QED) is 0.637. The molecule has 2 heterocycles. The minimum Gasteiger partial charge on any atom is -0.325 e. The summed E-state index contributed by atoms with van der Waals surface area (Å²) in [6, 6.07) is 5.88. The van der Waals surface area contributed by atoms with Gasteiger partial charge in [0, 0.05) is 26.7 Å². The van der Waals surface area contributed by atoms with Crippen molar-refractivity contribution >= 4 is 52.7 Å². The van der Waals surface area contributed by atoms with E-state index in [1.54, 1.807) is 11.8 Å². The minimum absolute atomic E-state index is 0.177. The first-order valence-electron chi connectivity index (χ1n) is 7.96.